The zero-order valence-corrected chi connectivity index (χ0v) is 10.5. The molecule has 1 fully saturated rings. The van der Waals surface area contributed by atoms with Crippen LogP contribution in [-0.4, -0.2) is 17.9 Å². The third-order valence-corrected chi connectivity index (χ3v) is 3.53. The smallest absolute Gasteiger partial charge is 0.223 e. The van der Waals surface area contributed by atoms with Gasteiger partial charge in [-0.2, -0.15) is 0 Å². The molecule has 1 unspecified atom stereocenters. The van der Waals surface area contributed by atoms with E-state index in [1.54, 1.807) is 0 Å². The molecule has 0 radical (unpaired) electrons. The molecule has 0 aromatic heterocycles. The quantitative estimate of drug-likeness (QED) is 0.811. The van der Waals surface area contributed by atoms with Gasteiger partial charge in [0.25, 0.3) is 0 Å². The molecule has 1 aliphatic rings. The SMILES string of the molecule is CC(c1cccc(N)c1)N(C)C(=O)CC1CC1. The first-order valence-corrected chi connectivity index (χ1v) is 6.19. The Balaban J connectivity index is 2.02. The number of amides is 1. The number of nitrogens with zero attached hydrogens (tertiary/aromatic N) is 1. The maximum Gasteiger partial charge on any atom is 0.223 e. The zero-order valence-electron chi connectivity index (χ0n) is 10.5. The first-order valence-electron chi connectivity index (χ1n) is 6.19. The van der Waals surface area contributed by atoms with Crippen LogP contribution < -0.4 is 5.73 Å². The van der Waals surface area contributed by atoms with Gasteiger partial charge in [-0.05, 0) is 43.4 Å². The van der Waals surface area contributed by atoms with Crippen LogP contribution in [0.1, 0.15) is 37.8 Å². The number of benzene rings is 1. The van der Waals surface area contributed by atoms with Crippen molar-refractivity contribution in [1.82, 2.24) is 4.90 Å². The van der Waals surface area contributed by atoms with Crippen LogP contribution in [0.15, 0.2) is 24.3 Å². The fourth-order valence-corrected chi connectivity index (χ4v) is 1.97. The van der Waals surface area contributed by atoms with Gasteiger partial charge >= 0.3 is 0 Å². The third-order valence-electron chi connectivity index (χ3n) is 3.53. The summed E-state index contributed by atoms with van der Waals surface area (Å²) < 4.78 is 0. The second-order valence-electron chi connectivity index (χ2n) is 5.00. The van der Waals surface area contributed by atoms with E-state index in [4.69, 9.17) is 5.73 Å². The summed E-state index contributed by atoms with van der Waals surface area (Å²) in [6, 6.07) is 7.83. The van der Waals surface area contributed by atoms with Gasteiger partial charge in [0.05, 0.1) is 6.04 Å². The van der Waals surface area contributed by atoms with E-state index in [-0.39, 0.29) is 11.9 Å². The molecule has 0 saturated heterocycles. The average molecular weight is 232 g/mol. The Morgan fingerprint density at radius 3 is 2.82 bits per heavy atom. The number of hydrogen-bond donors (Lipinski definition) is 1. The highest BCUT2D eigenvalue weighted by molar-refractivity contribution is 5.77. The monoisotopic (exact) mass is 232 g/mol. The van der Waals surface area contributed by atoms with Gasteiger partial charge in [0.1, 0.15) is 0 Å². The molecule has 17 heavy (non-hydrogen) atoms. The maximum atomic E-state index is 12.0. The van der Waals surface area contributed by atoms with E-state index in [1.165, 1.54) is 12.8 Å². The van der Waals surface area contributed by atoms with Crippen molar-refractivity contribution in [2.45, 2.75) is 32.2 Å². The lowest BCUT2D eigenvalue weighted by Gasteiger charge is -2.25. The fourth-order valence-electron chi connectivity index (χ4n) is 1.97. The summed E-state index contributed by atoms with van der Waals surface area (Å²) in [5.41, 5.74) is 7.60. The van der Waals surface area contributed by atoms with Crippen molar-refractivity contribution >= 4 is 11.6 Å². The second kappa shape index (κ2) is 4.78. The number of carbonyl (C=O) groups excluding carboxylic acids is 1. The molecule has 0 spiro atoms. The summed E-state index contributed by atoms with van der Waals surface area (Å²) in [5, 5.41) is 0. The predicted molar refractivity (Wildman–Crippen MR) is 69.4 cm³/mol. The van der Waals surface area contributed by atoms with Crippen LogP contribution >= 0.6 is 0 Å². The molecule has 1 saturated carbocycles. The van der Waals surface area contributed by atoms with Crippen LogP contribution in [-0.2, 0) is 4.79 Å². The minimum Gasteiger partial charge on any atom is -0.399 e. The Kier molecular flexibility index (Phi) is 3.36. The Morgan fingerprint density at radius 1 is 1.53 bits per heavy atom. The molecule has 2 N–H and O–H groups in total. The van der Waals surface area contributed by atoms with Crippen LogP contribution in [0.25, 0.3) is 0 Å². The average Bonchev–Trinajstić information content (AvgIpc) is 3.11. The molecule has 0 aliphatic heterocycles. The van der Waals surface area contributed by atoms with Gasteiger partial charge in [-0.3, -0.25) is 4.79 Å². The van der Waals surface area contributed by atoms with Crippen molar-refractivity contribution < 1.29 is 4.79 Å². The highest BCUT2D eigenvalue weighted by Crippen LogP contribution is 2.33. The molecule has 2 rings (SSSR count). The van der Waals surface area contributed by atoms with E-state index in [1.807, 2.05) is 43.1 Å². The van der Waals surface area contributed by atoms with Crippen molar-refractivity contribution in [3.63, 3.8) is 0 Å². The lowest BCUT2D eigenvalue weighted by atomic mass is 10.1. The highest BCUT2D eigenvalue weighted by atomic mass is 16.2. The van der Waals surface area contributed by atoms with E-state index in [9.17, 15) is 4.79 Å². The summed E-state index contributed by atoms with van der Waals surface area (Å²) in [6.45, 7) is 2.04. The molecule has 1 atom stereocenters. The number of anilines is 1. The van der Waals surface area contributed by atoms with Crippen LogP contribution in [0.3, 0.4) is 0 Å². The van der Waals surface area contributed by atoms with Crippen molar-refractivity contribution in [2.24, 2.45) is 5.92 Å². The van der Waals surface area contributed by atoms with Gasteiger partial charge in [0.2, 0.25) is 5.91 Å². The molecular formula is C14H20N2O. The topological polar surface area (TPSA) is 46.3 Å². The molecule has 0 heterocycles. The van der Waals surface area contributed by atoms with Crippen LogP contribution in [0.2, 0.25) is 0 Å². The first kappa shape index (κ1) is 12.0. The Morgan fingerprint density at radius 2 is 2.24 bits per heavy atom. The first-order chi connectivity index (χ1) is 8.08. The van der Waals surface area contributed by atoms with Gasteiger partial charge in [-0.15, -0.1) is 0 Å². The predicted octanol–water partition coefficient (Wildman–Crippen LogP) is 2.59. The molecule has 1 aromatic carbocycles. The van der Waals surface area contributed by atoms with Crippen LogP contribution in [0.5, 0.6) is 0 Å². The van der Waals surface area contributed by atoms with Gasteiger partial charge in [0, 0.05) is 19.2 Å². The van der Waals surface area contributed by atoms with E-state index in [0.29, 0.717) is 12.3 Å². The lowest BCUT2D eigenvalue weighted by molar-refractivity contribution is -0.132. The van der Waals surface area contributed by atoms with E-state index < -0.39 is 0 Å². The molecule has 1 aliphatic carbocycles. The molecule has 92 valence electrons. The van der Waals surface area contributed by atoms with Crippen molar-refractivity contribution in [3.8, 4) is 0 Å². The van der Waals surface area contributed by atoms with Gasteiger partial charge in [-0.1, -0.05) is 12.1 Å². The van der Waals surface area contributed by atoms with Gasteiger partial charge in [-0.25, -0.2) is 0 Å². The summed E-state index contributed by atoms with van der Waals surface area (Å²) in [6.07, 6.45) is 3.13. The molecular weight excluding hydrogens is 212 g/mol. The number of nitrogen functional groups attached to an aromatic ring is 1. The molecule has 3 heteroatoms. The molecule has 3 nitrogen and oxygen atoms in total. The molecule has 1 aromatic rings. The number of rotatable bonds is 4. The zero-order chi connectivity index (χ0) is 12.4. The van der Waals surface area contributed by atoms with Crippen molar-refractivity contribution in [3.05, 3.63) is 29.8 Å². The fraction of sp³-hybridized carbons (Fsp3) is 0.500. The standard InChI is InChI=1S/C14H20N2O/c1-10(12-4-3-5-13(15)9-12)16(2)14(17)8-11-6-7-11/h3-5,9-11H,6-8,15H2,1-2H3. The minimum atomic E-state index is 0.0877. The Hall–Kier alpha value is -1.51. The van der Waals surface area contributed by atoms with E-state index in [2.05, 4.69) is 0 Å². The second-order valence-corrected chi connectivity index (χ2v) is 5.00. The van der Waals surface area contributed by atoms with Crippen LogP contribution in [0.4, 0.5) is 5.69 Å². The maximum absolute atomic E-state index is 12.0. The lowest BCUT2D eigenvalue weighted by Crippen LogP contribution is -2.29. The molecule has 1 amide bonds. The van der Waals surface area contributed by atoms with Crippen LogP contribution in [0, 0.1) is 5.92 Å². The van der Waals surface area contributed by atoms with Crippen molar-refractivity contribution in [1.29, 1.82) is 0 Å². The van der Waals surface area contributed by atoms with Gasteiger partial charge < -0.3 is 10.6 Å². The normalized spacial score (nSPS) is 16.6. The number of carbonyl (C=O) groups is 1. The van der Waals surface area contributed by atoms with E-state index in [0.717, 1.165) is 11.3 Å². The Bertz CT molecular complexity index is 412. The number of nitrogens with two attached hydrogens (primary N) is 1. The summed E-state index contributed by atoms with van der Waals surface area (Å²) in [4.78, 5) is 13.8. The van der Waals surface area contributed by atoms with E-state index >= 15 is 0 Å². The highest BCUT2D eigenvalue weighted by Gasteiger charge is 2.27. The Labute approximate surface area is 103 Å². The summed E-state index contributed by atoms with van der Waals surface area (Å²) in [7, 11) is 1.87. The largest absolute Gasteiger partial charge is 0.399 e. The molecule has 0 bridgehead atoms. The summed E-state index contributed by atoms with van der Waals surface area (Å²) in [5.74, 6) is 0.875. The summed E-state index contributed by atoms with van der Waals surface area (Å²) >= 11 is 0. The van der Waals surface area contributed by atoms with Gasteiger partial charge in [0.15, 0.2) is 0 Å². The third kappa shape index (κ3) is 2.99. The number of hydrogen-bond acceptors (Lipinski definition) is 2. The minimum absolute atomic E-state index is 0.0877. The van der Waals surface area contributed by atoms with Crippen molar-refractivity contribution in [2.75, 3.05) is 12.8 Å².